The first-order valence-corrected chi connectivity index (χ1v) is 9.85. The number of hydrogen-bond acceptors (Lipinski definition) is 6. The van der Waals surface area contributed by atoms with E-state index in [1.54, 1.807) is 36.5 Å². The van der Waals surface area contributed by atoms with Gasteiger partial charge in [0.15, 0.2) is 5.82 Å². The van der Waals surface area contributed by atoms with Crippen LogP contribution in [0, 0.1) is 5.82 Å². The molecule has 10 heteroatoms. The lowest BCUT2D eigenvalue weighted by Gasteiger charge is -2.10. The average Bonchev–Trinajstić information content (AvgIpc) is 3.30. The molecule has 0 bridgehead atoms. The molecule has 0 radical (unpaired) electrons. The van der Waals surface area contributed by atoms with E-state index in [9.17, 15) is 9.18 Å². The maximum atomic E-state index is 14.4. The van der Waals surface area contributed by atoms with Gasteiger partial charge in [0.2, 0.25) is 0 Å². The molecule has 0 saturated heterocycles. The fraction of sp³-hybridized carbons (Fsp3) is 0.130. The Morgan fingerprint density at radius 1 is 1.15 bits per heavy atom. The third-order valence-electron chi connectivity index (χ3n) is 4.70. The topological polar surface area (TPSA) is 127 Å². The summed E-state index contributed by atoms with van der Waals surface area (Å²) in [4.78, 5) is 19.4. The van der Waals surface area contributed by atoms with Crippen LogP contribution >= 0.6 is 12.4 Å². The zero-order chi connectivity index (χ0) is 22.5. The number of nitrogens with zero attached hydrogens (tertiary/aromatic N) is 3. The number of aromatic nitrogens is 4. The first-order valence-electron chi connectivity index (χ1n) is 9.85. The Bertz CT molecular complexity index is 1220. The molecule has 8 nitrogen and oxygen atoms in total. The number of carboxylic acid groups (broad SMARTS) is 1. The maximum Gasteiger partial charge on any atom is 0.304 e. The highest BCUT2D eigenvalue weighted by Crippen LogP contribution is 2.27. The molecule has 4 N–H and O–H groups in total. The van der Waals surface area contributed by atoms with Crippen molar-refractivity contribution in [2.24, 2.45) is 5.73 Å². The van der Waals surface area contributed by atoms with Crippen LogP contribution in [-0.4, -0.2) is 37.3 Å². The molecule has 0 amide bonds. The van der Waals surface area contributed by atoms with Gasteiger partial charge in [0.1, 0.15) is 5.75 Å². The monoisotopic (exact) mass is 469 g/mol. The molecule has 4 rings (SSSR count). The second-order valence-electron chi connectivity index (χ2n) is 7.18. The van der Waals surface area contributed by atoms with Gasteiger partial charge in [-0.25, -0.2) is 9.37 Å². The van der Waals surface area contributed by atoms with Crippen molar-refractivity contribution in [1.82, 2.24) is 20.2 Å². The largest absolute Gasteiger partial charge is 0.481 e. The number of carboxylic acids is 1. The third kappa shape index (κ3) is 6.12. The van der Waals surface area contributed by atoms with E-state index in [1.807, 2.05) is 18.2 Å². The van der Waals surface area contributed by atoms with Gasteiger partial charge in [0.05, 0.1) is 17.8 Å². The predicted octanol–water partition coefficient (Wildman–Crippen LogP) is 4.23. The van der Waals surface area contributed by atoms with Crippen LogP contribution in [0.25, 0.3) is 22.5 Å². The van der Waals surface area contributed by atoms with Crippen molar-refractivity contribution in [3.05, 3.63) is 78.5 Å². The van der Waals surface area contributed by atoms with Crippen molar-refractivity contribution < 1.29 is 19.0 Å². The second kappa shape index (κ2) is 10.7. The van der Waals surface area contributed by atoms with Gasteiger partial charge in [-0.3, -0.25) is 14.9 Å². The molecule has 0 aliphatic carbocycles. The number of nitrogens with one attached hydrogen (secondary N) is 1. The molecule has 0 aliphatic rings. The van der Waals surface area contributed by atoms with Crippen molar-refractivity contribution in [1.29, 1.82) is 0 Å². The first-order chi connectivity index (χ1) is 15.5. The summed E-state index contributed by atoms with van der Waals surface area (Å²) in [6.45, 7) is 0. The van der Waals surface area contributed by atoms with E-state index in [0.717, 1.165) is 5.56 Å². The highest BCUT2D eigenvalue weighted by molar-refractivity contribution is 5.85. The minimum Gasteiger partial charge on any atom is -0.481 e. The molecule has 3 aromatic heterocycles. The van der Waals surface area contributed by atoms with E-state index in [2.05, 4.69) is 20.2 Å². The average molecular weight is 470 g/mol. The van der Waals surface area contributed by atoms with Crippen molar-refractivity contribution >= 4 is 18.4 Å². The minimum atomic E-state index is -0.939. The Labute approximate surface area is 195 Å². The highest BCUT2D eigenvalue weighted by Gasteiger charge is 2.12. The van der Waals surface area contributed by atoms with Gasteiger partial charge < -0.3 is 15.6 Å². The highest BCUT2D eigenvalue weighted by atomic mass is 35.5. The van der Waals surface area contributed by atoms with Crippen molar-refractivity contribution in [3.8, 4) is 34.1 Å². The number of benzene rings is 1. The summed E-state index contributed by atoms with van der Waals surface area (Å²) in [5, 5.41) is 15.5. The van der Waals surface area contributed by atoms with E-state index in [0.29, 0.717) is 34.8 Å². The fourth-order valence-corrected chi connectivity index (χ4v) is 3.19. The van der Waals surface area contributed by atoms with E-state index in [1.165, 1.54) is 12.3 Å². The van der Waals surface area contributed by atoms with Crippen LogP contribution in [0.1, 0.15) is 12.1 Å². The van der Waals surface area contributed by atoms with E-state index in [-0.39, 0.29) is 24.7 Å². The number of halogens is 2. The Kier molecular flexibility index (Phi) is 7.70. The number of aromatic amines is 1. The molecule has 4 aromatic rings. The predicted molar refractivity (Wildman–Crippen MR) is 123 cm³/mol. The summed E-state index contributed by atoms with van der Waals surface area (Å²) >= 11 is 0. The molecular formula is C23H21ClFN5O3. The molecular weight excluding hydrogens is 449 g/mol. The first kappa shape index (κ1) is 23.8. The van der Waals surface area contributed by atoms with Gasteiger partial charge in [0, 0.05) is 41.7 Å². The SMILES string of the molecule is Cl.NC(CC(=O)O)Cc1cccc(-c2ccc(Oc3ncc(-c4ccn[nH]4)cc3F)cc2)n1. The van der Waals surface area contributed by atoms with Crippen molar-refractivity contribution in [2.75, 3.05) is 0 Å². The molecule has 0 aliphatic heterocycles. The fourth-order valence-electron chi connectivity index (χ4n) is 3.19. The summed E-state index contributed by atoms with van der Waals surface area (Å²) in [6.07, 6.45) is 3.32. The van der Waals surface area contributed by atoms with Crippen LogP contribution in [0.2, 0.25) is 0 Å². The summed E-state index contributed by atoms with van der Waals surface area (Å²) in [6, 6.07) is 15.0. The Hall–Kier alpha value is -3.82. The van der Waals surface area contributed by atoms with Crippen LogP contribution in [0.15, 0.2) is 67.0 Å². The molecule has 1 aromatic carbocycles. The smallest absolute Gasteiger partial charge is 0.304 e. The molecule has 1 unspecified atom stereocenters. The minimum absolute atomic E-state index is 0. The van der Waals surface area contributed by atoms with Crippen molar-refractivity contribution in [3.63, 3.8) is 0 Å². The van der Waals surface area contributed by atoms with E-state index < -0.39 is 17.8 Å². The Morgan fingerprint density at radius 2 is 1.94 bits per heavy atom. The second-order valence-corrected chi connectivity index (χ2v) is 7.18. The number of ether oxygens (including phenoxy) is 1. The quantitative estimate of drug-likeness (QED) is 0.352. The zero-order valence-corrected chi connectivity index (χ0v) is 18.1. The van der Waals surface area contributed by atoms with Crippen LogP contribution < -0.4 is 10.5 Å². The summed E-state index contributed by atoms with van der Waals surface area (Å²) in [7, 11) is 0. The molecule has 0 spiro atoms. The lowest BCUT2D eigenvalue weighted by atomic mass is 10.1. The molecule has 1 atom stereocenters. The number of rotatable bonds is 8. The maximum absolute atomic E-state index is 14.4. The zero-order valence-electron chi connectivity index (χ0n) is 17.3. The Balaban J connectivity index is 0.00000306. The number of hydrogen-bond donors (Lipinski definition) is 3. The van der Waals surface area contributed by atoms with Crippen molar-refractivity contribution in [2.45, 2.75) is 18.9 Å². The third-order valence-corrected chi connectivity index (χ3v) is 4.70. The molecule has 170 valence electrons. The van der Waals surface area contributed by atoms with Crippen LogP contribution in [0.3, 0.4) is 0 Å². The lowest BCUT2D eigenvalue weighted by molar-refractivity contribution is -0.137. The number of nitrogens with two attached hydrogens (primary N) is 1. The van der Waals surface area contributed by atoms with Crippen LogP contribution in [-0.2, 0) is 11.2 Å². The molecule has 0 saturated carbocycles. The number of aliphatic carboxylic acids is 1. The van der Waals surface area contributed by atoms with Gasteiger partial charge in [-0.1, -0.05) is 6.07 Å². The number of carbonyl (C=O) groups is 1. The summed E-state index contributed by atoms with van der Waals surface area (Å²) in [5.41, 5.74) is 9.33. The van der Waals surface area contributed by atoms with Crippen LogP contribution in [0.4, 0.5) is 4.39 Å². The van der Waals surface area contributed by atoms with Gasteiger partial charge in [0.25, 0.3) is 5.88 Å². The van der Waals surface area contributed by atoms with Crippen LogP contribution in [0.5, 0.6) is 11.6 Å². The standard InChI is InChI=1S/C23H20FN5O3.ClH/c24-19-10-15(21-8-9-27-29-21)13-26-23(19)32-18-6-4-14(5-7-18)20-3-1-2-17(28-20)11-16(25)12-22(30)31;/h1-10,13,16H,11-12,25H2,(H,27,29)(H,30,31);1H. The van der Waals surface area contributed by atoms with Gasteiger partial charge in [-0.15, -0.1) is 12.4 Å². The molecule has 33 heavy (non-hydrogen) atoms. The van der Waals surface area contributed by atoms with Gasteiger partial charge in [-0.05, 0) is 48.5 Å². The van der Waals surface area contributed by atoms with E-state index in [4.69, 9.17) is 15.6 Å². The molecule has 3 heterocycles. The number of pyridine rings is 2. The normalized spacial score (nSPS) is 11.5. The van der Waals surface area contributed by atoms with Gasteiger partial charge >= 0.3 is 5.97 Å². The molecule has 0 fully saturated rings. The summed E-state index contributed by atoms with van der Waals surface area (Å²) in [5.74, 6) is -1.23. The summed E-state index contributed by atoms with van der Waals surface area (Å²) < 4.78 is 20.0. The number of H-pyrrole nitrogens is 1. The van der Waals surface area contributed by atoms with Gasteiger partial charge in [-0.2, -0.15) is 5.10 Å². The van der Waals surface area contributed by atoms with E-state index >= 15 is 0 Å². The lowest BCUT2D eigenvalue weighted by Crippen LogP contribution is -2.26. The Morgan fingerprint density at radius 3 is 2.61 bits per heavy atom.